The van der Waals surface area contributed by atoms with Crippen LogP contribution < -0.4 is 4.90 Å². The SMILES string of the molecule is CN(C)c1ccccc1N=NOS(=O)(=O)c1ccccc1. The monoisotopic (exact) mass is 305 g/mol. The Morgan fingerprint density at radius 2 is 1.57 bits per heavy atom. The Morgan fingerprint density at radius 3 is 2.24 bits per heavy atom. The van der Waals surface area contributed by atoms with E-state index in [-0.39, 0.29) is 4.90 Å². The summed E-state index contributed by atoms with van der Waals surface area (Å²) < 4.78 is 28.3. The van der Waals surface area contributed by atoms with Crippen LogP contribution in [0.25, 0.3) is 0 Å². The second kappa shape index (κ2) is 6.36. The van der Waals surface area contributed by atoms with Crippen LogP contribution in [0.1, 0.15) is 0 Å². The van der Waals surface area contributed by atoms with Crippen LogP contribution in [0.3, 0.4) is 0 Å². The molecule has 0 saturated carbocycles. The van der Waals surface area contributed by atoms with E-state index in [9.17, 15) is 8.42 Å². The van der Waals surface area contributed by atoms with Crippen LogP contribution in [0, 0.1) is 0 Å². The summed E-state index contributed by atoms with van der Waals surface area (Å²) in [5.74, 6) is 0. The molecule has 110 valence electrons. The van der Waals surface area contributed by atoms with Gasteiger partial charge in [-0.05, 0) is 24.3 Å². The van der Waals surface area contributed by atoms with Gasteiger partial charge in [0.2, 0.25) is 0 Å². The van der Waals surface area contributed by atoms with Crippen molar-refractivity contribution >= 4 is 21.5 Å². The van der Waals surface area contributed by atoms with E-state index in [1.807, 2.05) is 31.1 Å². The molecule has 2 aromatic carbocycles. The number of benzene rings is 2. The second-order valence-electron chi connectivity index (χ2n) is 4.41. The van der Waals surface area contributed by atoms with Gasteiger partial charge in [-0.2, -0.15) is 8.42 Å². The summed E-state index contributed by atoms with van der Waals surface area (Å²) in [7, 11) is -0.223. The second-order valence-corrected chi connectivity index (χ2v) is 5.94. The van der Waals surface area contributed by atoms with Gasteiger partial charge in [-0.15, -0.1) is 5.11 Å². The molecule has 2 rings (SSSR count). The molecule has 0 fully saturated rings. The fourth-order valence-corrected chi connectivity index (χ4v) is 2.36. The Hall–Kier alpha value is -2.41. The minimum atomic E-state index is -3.94. The quantitative estimate of drug-likeness (QED) is 0.628. The first-order valence-electron chi connectivity index (χ1n) is 6.17. The Balaban J connectivity index is 2.17. The third-order valence-electron chi connectivity index (χ3n) is 2.68. The highest BCUT2D eigenvalue weighted by molar-refractivity contribution is 7.86. The molecule has 0 radical (unpaired) electrons. The van der Waals surface area contributed by atoms with Crippen LogP contribution in [0.5, 0.6) is 0 Å². The van der Waals surface area contributed by atoms with Crippen molar-refractivity contribution in [2.24, 2.45) is 10.4 Å². The van der Waals surface area contributed by atoms with E-state index in [1.54, 1.807) is 30.3 Å². The van der Waals surface area contributed by atoms with E-state index < -0.39 is 10.1 Å². The third kappa shape index (κ3) is 3.79. The minimum absolute atomic E-state index is 0.0323. The standard InChI is InChI=1S/C14H15N3O3S/c1-17(2)14-11-7-6-10-13(14)15-16-20-21(18,19)12-8-4-3-5-9-12/h3-11H,1-2H3. The zero-order valence-corrected chi connectivity index (χ0v) is 12.5. The van der Waals surface area contributed by atoms with E-state index in [2.05, 4.69) is 14.7 Å². The molecule has 0 heterocycles. The zero-order valence-electron chi connectivity index (χ0n) is 11.7. The molecule has 7 heteroatoms. The maximum atomic E-state index is 11.9. The summed E-state index contributed by atoms with van der Waals surface area (Å²) in [5.41, 5.74) is 1.33. The van der Waals surface area contributed by atoms with Crippen LogP contribution in [-0.4, -0.2) is 22.5 Å². The molecule has 0 N–H and O–H groups in total. The highest BCUT2D eigenvalue weighted by atomic mass is 32.2. The number of hydrogen-bond donors (Lipinski definition) is 0. The summed E-state index contributed by atoms with van der Waals surface area (Å²) in [4.78, 5) is 1.88. The smallest absolute Gasteiger partial charge is 0.359 e. The summed E-state index contributed by atoms with van der Waals surface area (Å²) in [5, 5.41) is 7.16. The van der Waals surface area contributed by atoms with Crippen LogP contribution in [0.4, 0.5) is 11.4 Å². The van der Waals surface area contributed by atoms with Gasteiger partial charge in [0.25, 0.3) is 0 Å². The third-order valence-corrected chi connectivity index (χ3v) is 3.79. The van der Waals surface area contributed by atoms with Gasteiger partial charge in [0.05, 0.1) is 5.69 Å². The van der Waals surface area contributed by atoms with E-state index in [0.29, 0.717) is 5.69 Å². The Bertz CT molecular complexity index is 728. The average molecular weight is 305 g/mol. The van der Waals surface area contributed by atoms with Crippen molar-refractivity contribution in [3.8, 4) is 0 Å². The van der Waals surface area contributed by atoms with Gasteiger partial charge in [0, 0.05) is 19.4 Å². The van der Waals surface area contributed by atoms with E-state index in [1.165, 1.54) is 12.1 Å². The molecule has 0 atom stereocenters. The molecule has 0 unspecified atom stereocenters. The van der Waals surface area contributed by atoms with Gasteiger partial charge < -0.3 is 4.90 Å². The lowest BCUT2D eigenvalue weighted by atomic mass is 10.2. The number of anilines is 1. The van der Waals surface area contributed by atoms with Crippen LogP contribution in [-0.2, 0) is 14.4 Å². The highest BCUT2D eigenvalue weighted by Gasteiger charge is 2.15. The van der Waals surface area contributed by atoms with Gasteiger partial charge in [0.1, 0.15) is 10.6 Å². The summed E-state index contributed by atoms with van der Waals surface area (Å²) in [6.45, 7) is 0. The maximum absolute atomic E-state index is 11.9. The van der Waals surface area contributed by atoms with Crippen molar-refractivity contribution in [1.29, 1.82) is 0 Å². The van der Waals surface area contributed by atoms with Gasteiger partial charge >= 0.3 is 10.1 Å². The molecular formula is C14H15N3O3S. The molecule has 21 heavy (non-hydrogen) atoms. The maximum Gasteiger partial charge on any atom is 0.359 e. The predicted molar refractivity (Wildman–Crippen MR) is 80.0 cm³/mol. The summed E-state index contributed by atoms with van der Waals surface area (Å²) in [6.07, 6.45) is 0. The predicted octanol–water partition coefficient (Wildman–Crippen LogP) is 3.16. The van der Waals surface area contributed by atoms with Gasteiger partial charge in [0.15, 0.2) is 0 Å². The molecule has 0 bridgehead atoms. The molecule has 2 aromatic rings. The fraction of sp³-hybridized carbons (Fsp3) is 0.143. The van der Waals surface area contributed by atoms with Crippen molar-refractivity contribution in [2.75, 3.05) is 19.0 Å². The lowest BCUT2D eigenvalue weighted by molar-refractivity contribution is 0.314. The van der Waals surface area contributed by atoms with Crippen molar-refractivity contribution < 1.29 is 12.7 Å². The largest absolute Gasteiger partial charge is 0.376 e. The van der Waals surface area contributed by atoms with Crippen LogP contribution >= 0.6 is 0 Å². The molecule has 0 saturated heterocycles. The van der Waals surface area contributed by atoms with Crippen molar-refractivity contribution in [3.05, 3.63) is 54.6 Å². The molecule has 0 spiro atoms. The lowest BCUT2D eigenvalue weighted by Crippen LogP contribution is -2.08. The number of rotatable bonds is 5. The van der Waals surface area contributed by atoms with Gasteiger partial charge in [-0.25, -0.2) is 4.28 Å². The Labute approximate surface area is 123 Å². The molecular weight excluding hydrogens is 290 g/mol. The van der Waals surface area contributed by atoms with Crippen molar-refractivity contribution in [2.45, 2.75) is 4.90 Å². The fourth-order valence-electron chi connectivity index (χ4n) is 1.66. The average Bonchev–Trinajstić information content (AvgIpc) is 2.48. The normalized spacial score (nSPS) is 11.5. The first-order chi connectivity index (χ1) is 10.0. The zero-order chi connectivity index (χ0) is 15.3. The number of nitrogens with zero attached hydrogens (tertiary/aromatic N) is 3. The Kier molecular flexibility index (Phi) is 4.54. The minimum Gasteiger partial charge on any atom is -0.376 e. The first kappa shape index (κ1) is 15.0. The summed E-state index contributed by atoms with van der Waals surface area (Å²) in [6, 6.07) is 15.0. The number of para-hydroxylation sites is 1. The highest BCUT2D eigenvalue weighted by Crippen LogP contribution is 2.27. The first-order valence-corrected chi connectivity index (χ1v) is 7.57. The lowest BCUT2D eigenvalue weighted by Gasteiger charge is -2.13. The van der Waals surface area contributed by atoms with E-state index in [4.69, 9.17) is 0 Å². The molecule has 0 amide bonds. The molecule has 0 aliphatic rings. The van der Waals surface area contributed by atoms with Gasteiger partial charge in [-0.1, -0.05) is 30.3 Å². The molecule has 0 aliphatic carbocycles. The van der Waals surface area contributed by atoms with Gasteiger partial charge in [-0.3, -0.25) is 0 Å². The van der Waals surface area contributed by atoms with E-state index >= 15 is 0 Å². The molecule has 0 aromatic heterocycles. The molecule has 0 aliphatic heterocycles. The Morgan fingerprint density at radius 1 is 0.952 bits per heavy atom. The van der Waals surface area contributed by atoms with Crippen LogP contribution in [0.15, 0.2) is 69.9 Å². The topological polar surface area (TPSA) is 71.3 Å². The van der Waals surface area contributed by atoms with Crippen molar-refractivity contribution in [3.63, 3.8) is 0 Å². The van der Waals surface area contributed by atoms with Crippen molar-refractivity contribution in [1.82, 2.24) is 0 Å². The number of hydrogen-bond acceptors (Lipinski definition) is 6. The van der Waals surface area contributed by atoms with E-state index in [0.717, 1.165) is 5.69 Å². The van der Waals surface area contributed by atoms with Crippen LogP contribution in [0.2, 0.25) is 0 Å². The summed E-state index contributed by atoms with van der Waals surface area (Å²) >= 11 is 0. The molecule has 6 nitrogen and oxygen atoms in total.